The van der Waals surface area contributed by atoms with Gasteiger partial charge in [0.05, 0.1) is 6.10 Å². The molecule has 0 spiro atoms. The fourth-order valence-corrected chi connectivity index (χ4v) is 3.57. The van der Waals surface area contributed by atoms with Gasteiger partial charge in [-0.05, 0) is 55.3 Å². The van der Waals surface area contributed by atoms with Crippen LogP contribution in [0, 0.1) is 23.2 Å². The molecule has 0 N–H and O–H groups in total. The lowest BCUT2D eigenvalue weighted by atomic mass is 9.73. The lowest BCUT2D eigenvalue weighted by Gasteiger charge is -2.36. The fourth-order valence-electron chi connectivity index (χ4n) is 3.57. The van der Waals surface area contributed by atoms with Crippen molar-refractivity contribution in [1.82, 2.24) is 0 Å². The Labute approximate surface area is 101 Å². The molecule has 2 rings (SSSR count). The van der Waals surface area contributed by atoms with E-state index in [1.54, 1.807) is 0 Å². The van der Waals surface area contributed by atoms with Gasteiger partial charge in [0.2, 0.25) is 0 Å². The summed E-state index contributed by atoms with van der Waals surface area (Å²) in [5.74, 6) is 2.65. The summed E-state index contributed by atoms with van der Waals surface area (Å²) in [6.45, 7) is 10.7. The summed E-state index contributed by atoms with van der Waals surface area (Å²) >= 11 is 0. The van der Waals surface area contributed by atoms with Gasteiger partial charge in [0, 0.05) is 6.61 Å². The van der Waals surface area contributed by atoms with Crippen molar-refractivity contribution >= 4 is 0 Å². The lowest BCUT2D eigenvalue weighted by molar-refractivity contribution is -0.0276. The first-order valence-corrected chi connectivity index (χ1v) is 7.11. The number of rotatable bonds is 2. The van der Waals surface area contributed by atoms with E-state index in [0.717, 1.165) is 24.4 Å². The Morgan fingerprint density at radius 1 is 1.12 bits per heavy atom. The smallest absolute Gasteiger partial charge is 0.0580 e. The van der Waals surface area contributed by atoms with E-state index in [0.29, 0.717) is 11.5 Å². The molecule has 94 valence electrons. The third kappa shape index (κ3) is 2.45. The molecule has 1 heteroatoms. The maximum absolute atomic E-state index is 5.94. The molecule has 2 fully saturated rings. The summed E-state index contributed by atoms with van der Waals surface area (Å²) in [6.07, 6.45) is 7.25. The lowest BCUT2D eigenvalue weighted by Crippen LogP contribution is -2.31. The summed E-state index contributed by atoms with van der Waals surface area (Å²) < 4.78 is 5.94. The van der Waals surface area contributed by atoms with Gasteiger partial charge in [-0.1, -0.05) is 27.7 Å². The van der Waals surface area contributed by atoms with Gasteiger partial charge in [-0.15, -0.1) is 0 Å². The topological polar surface area (TPSA) is 9.23 Å². The monoisotopic (exact) mass is 224 g/mol. The second kappa shape index (κ2) is 4.68. The molecule has 1 saturated heterocycles. The Bertz CT molecular complexity index is 234. The summed E-state index contributed by atoms with van der Waals surface area (Å²) in [5, 5.41) is 0. The predicted molar refractivity (Wildman–Crippen MR) is 68.4 cm³/mol. The van der Waals surface area contributed by atoms with Crippen LogP contribution in [0.4, 0.5) is 0 Å². The van der Waals surface area contributed by atoms with Crippen molar-refractivity contribution in [1.29, 1.82) is 0 Å². The zero-order valence-electron chi connectivity index (χ0n) is 11.5. The quantitative estimate of drug-likeness (QED) is 0.681. The highest BCUT2D eigenvalue weighted by Crippen LogP contribution is 2.49. The summed E-state index contributed by atoms with van der Waals surface area (Å²) in [4.78, 5) is 0. The average Bonchev–Trinajstić information content (AvgIpc) is 2.45. The van der Waals surface area contributed by atoms with Crippen LogP contribution in [0.5, 0.6) is 0 Å². The van der Waals surface area contributed by atoms with Gasteiger partial charge in [-0.3, -0.25) is 0 Å². The van der Waals surface area contributed by atoms with Crippen LogP contribution in [0.1, 0.15) is 59.8 Å². The van der Waals surface area contributed by atoms with Gasteiger partial charge in [-0.25, -0.2) is 0 Å². The molecule has 0 aromatic heterocycles. The first-order chi connectivity index (χ1) is 7.50. The summed E-state index contributed by atoms with van der Waals surface area (Å²) in [5.41, 5.74) is 0.532. The van der Waals surface area contributed by atoms with E-state index in [1.165, 1.54) is 32.1 Å². The van der Waals surface area contributed by atoms with Gasteiger partial charge in [0.15, 0.2) is 0 Å². The van der Waals surface area contributed by atoms with E-state index >= 15 is 0 Å². The zero-order chi connectivity index (χ0) is 11.8. The zero-order valence-corrected chi connectivity index (χ0v) is 11.5. The van der Waals surface area contributed by atoms with Crippen molar-refractivity contribution in [3.8, 4) is 0 Å². The normalized spacial score (nSPS) is 43.5. The molecule has 1 saturated carbocycles. The van der Waals surface area contributed by atoms with Crippen molar-refractivity contribution in [2.75, 3.05) is 6.61 Å². The van der Waals surface area contributed by atoms with Crippen molar-refractivity contribution in [3.05, 3.63) is 0 Å². The van der Waals surface area contributed by atoms with E-state index in [-0.39, 0.29) is 0 Å². The van der Waals surface area contributed by atoms with E-state index < -0.39 is 0 Å². The minimum Gasteiger partial charge on any atom is -0.378 e. The Kier molecular flexibility index (Phi) is 3.63. The number of hydrogen-bond acceptors (Lipinski definition) is 1. The maximum atomic E-state index is 5.94. The Morgan fingerprint density at radius 2 is 1.88 bits per heavy atom. The molecule has 0 aromatic carbocycles. The van der Waals surface area contributed by atoms with Crippen LogP contribution >= 0.6 is 0 Å². The van der Waals surface area contributed by atoms with Crippen molar-refractivity contribution in [2.24, 2.45) is 23.2 Å². The predicted octanol–water partition coefficient (Wildman–Crippen LogP) is 4.26. The highest BCUT2D eigenvalue weighted by molar-refractivity contribution is 4.91. The van der Waals surface area contributed by atoms with Crippen LogP contribution < -0.4 is 0 Å². The minimum atomic E-state index is 0.532. The fraction of sp³-hybridized carbons (Fsp3) is 1.00. The van der Waals surface area contributed by atoms with Gasteiger partial charge in [0.25, 0.3) is 0 Å². The Balaban J connectivity index is 1.90. The largest absolute Gasteiger partial charge is 0.378 e. The third-order valence-electron chi connectivity index (χ3n) is 5.45. The van der Waals surface area contributed by atoms with E-state index in [2.05, 4.69) is 27.7 Å². The molecule has 0 aromatic rings. The van der Waals surface area contributed by atoms with E-state index in [4.69, 9.17) is 4.74 Å². The van der Waals surface area contributed by atoms with Crippen LogP contribution in [0.15, 0.2) is 0 Å². The average molecular weight is 224 g/mol. The summed E-state index contributed by atoms with van der Waals surface area (Å²) in [6, 6.07) is 0. The molecule has 1 nitrogen and oxygen atoms in total. The third-order valence-corrected chi connectivity index (χ3v) is 5.45. The van der Waals surface area contributed by atoms with E-state index in [1.807, 2.05) is 0 Å². The SMILES string of the molecule is CC1CCOC(CC2CCC(C)C2(C)C)C1. The molecule has 4 atom stereocenters. The van der Waals surface area contributed by atoms with Gasteiger partial charge < -0.3 is 4.74 Å². The van der Waals surface area contributed by atoms with Crippen LogP contribution in [-0.4, -0.2) is 12.7 Å². The van der Waals surface area contributed by atoms with Crippen LogP contribution in [0.3, 0.4) is 0 Å². The maximum Gasteiger partial charge on any atom is 0.0580 e. The minimum absolute atomic E-state index is 0.532. The molecule has 1 aliphatic carbocycles. The molecular formula is C15H28O. The van der Waals surface area contributed by atoms with Gasteiger partial charge in [-0.2, -0.15) is 0 Å². The van der Waals surface area contributed by atoms with Gasteiger partial charge in [0.1, 0.15) is 0 Å². The Morgan fingerprint density at radius 3 is 2.44 bits per heavy atom. The molecule has 1 aliphatic heterocycles. The first kappa shape index (κ1) is 12.4. The molecule has 4 unspecified atom stereocenters. The molecule has 1 heterocycles. The molecular weight excluding hydrogens is 196 g/mol. The first-order valence-electron chi connectivity index (χ1n) is 7.11. The van der Waals surface area contributed by atoms with E-state index in [9.17, 15) is 0 Å². The second-order valence-corrected chi connectivity index (χ2v) is 6.85. The van der Waals surface area contributed by atoms with Crippen LogP contribution in [0.2, 0.25) is 0 Å². The highest BCUT2D eigenvalue weighted by Gasteiger charge is 2.41. The highest BCUT2D eigenvalue weighted by atomic mass is 16.5. The molecule has 0 amide bonds. The number of hydrogen-bond donors (Lipinski definition) is 0. The number of ether oxygens (including phenoxy) is 1. The molecule has 2 aliphatic rings. The van der Waals surface area contributed by atoms with Crippen LogP contribution in [0.25, 0.3) is 0 Å². The summed E-state index contributed by atoms with van der Waals surface area (Å²) in [7, 11) is 0. The van der Waals surface area contributed by atoms with Gasteiger partial charge >= 0.3 is 0 Å². The van der Waals surface area contributed by atoms with Crippen molar-refractivity contribution in [3.63, 3.8) is 0 Å². The molecule has 0 radical (unpaired) electrons. The second-order valence-electron chi connectivity index (χ2n) is 6.85. The van der Waals surface area contributed by atoms with Crippen molar-refractivity contribution in [2.45, 2.75) is 65.9 Å². The van der Waals surface area contributed by atoms with Crippen LogP contribution in [-0.2, 0) is 4.74 Å². The molecule has 16 heavy (non-hydrogen) atoms. The molecule has 0 bridgehead atoms. The Hall–Kier alpha value is -0.0400. The van der Waals surface area contributed by atoms with Crippen molar-refractivity contribution < 1.29 is 4.74 Å². The standard InChI is InChI=1S/C15H28O/c1-11-7-8-16-14(9-11)10-13-6-5-12(2)15(13,3)4/h11-14H,5-10H2,1-4H3.